The first-order chi connectivity index (χ1) is 7.34. The van der Waals surface area contributed by atoms with Crippen molar-refractivity contribution in [1.29, 1.82) is 0 Å². The molecule has 0 saturated carbocycles. The van der Waals surface area contributed by atoms with Crippen molar-refractivity contribution in [3.05, 3.63) is 17.5 Å². The van der Waals surface area contributed by atoms with Gasteiger partial charge in [0, 0.05) is 13.2 Å². The van der Waals surface area contributed by atoms with Crippen molar-refractivity contribution in [2.45, 2.75) is 25.4 Å². The summed E-state index contributed by atoms with van der Waals surface area (Å²) < 4.78 is 5.59. The zero-order valence-electron chi connectivity index (χ0n) is 8.45. The lowest BCUT2D eigenvalue weighted by molar-refractivity contribution is 0.0247. The molecule has 1 aliphatic heterocycles. The van der Waals surface area contributed by atoms with Crippen LogP contribution in [0.3, 0.4) is 0 Å². The Hall–Kier alpha value is -0.870. The summed E-state index contributed by atoms with van der Waals surface area (Å²) in [4.78, 5) is 8.04. The first kappa shape index (κ1) is 10.6. The average molecular weight is 228 g/mol. The van der Waals surface area contributed by atoms with E-state index in [-0.39, 0.29) is 0 Å². The first-order valence-corrected chi connectivity index (χ1v) is 5.55. The zero-order valence-corrected chi connectivity index (χ0v) is 9.20. The standard InChI is InChI=1S/C10H14ClN3O/c11-9-6-12-7-10(14-9)13-5-8-3-1-2-4-15-8/h6-8H,1-5H2,(H,13,14). The fraction of sp³-hybridized carbons (Fsp3) is 0.600. The van der Waals surface area contributed by atoms with Crippen LogP contribution < -0.4 is 5.32 Å². The predicted octanol–water partition coefficient (Wildman–Crippen LogP) is 2.11. The van der Waals surface area contributed by atoms with E-state index in [1.165, 1.54) is 19.0 Å². The smallest absolute Gasteiger partial charge is 0.149 e. The molecule has 0 bridgehead atoms. The summed E-state index contributed by atoms with van der Waals surface area (Å²) in [6.45, 7) is 1.64. The van der Waals surface area contributed by atoms with Crippen molar-refractivity contribution in [3.8, 4) is 0 Å². The Bertz CT molecular complexity index is 315. The Balaban J connectivity index is 1.81. The van der Waals surface area contributed by atoms with Crippen molar-refractivity contribution in [2.75, 3.05) is 18.5 Å². The molecule has 1 saturated heterocycles. The summed E-state index contributed by atoms with van der Waals surface area (Å²) >= 11 is 5.72. The van der Waals surface area contributed by atoms with Crippen LogP contribution in [0.25, 0.3) is 0 Å². The van der Waals surface area contributed by atoms with Crippen LogP contribution in [-0.2, 0) is 4.74 Å². The second kappa shape index (κ2) is 5.28. The average Bonchev–Trinajstić information content (AvgIpc) is 2.28. The van der Waals surface area contributed by atoms with Crippen molar-refractivity contribution in [2.24, 2.45) is 0 Å². The van der Waals surface area contributed by atoms with Crippen molar-refractivity contribution < 1.29 is 4.74 Å². The summed E-state index contributed by atoms with van der Waals surface area (Å²) in [6, 6.07) is 0. The lowest BCUT2D eigenvalue weighted by Gasteiger charge is -2.22. The molecule has 0 spiro atoms. The van der Waals surface area contributed by atoms with Gasteiger partial charge in [-0.05, 0) is 19.3 Å². The Morgan fingerprint density at radius 1 is 1.47 bits per heavy atom. The Kier molecular flexibility index (Phi) is 3.75. The number of hydrogen-bond donors (Lipinski definition) is 1. The van der Waals surface area contributed by atoms with Gasteiger partial charge in [-0.15, -0.1) is 0 Å². The summed E-state index contributed by atoms with van der Waals surface area (Å²) in [5.41, 5.74) is 0. The van der Waals surface area contributed by atoms with Gasteiger partial charge in [0.15, 0.2) is 0 Å². The Morgan fingerprint density at radius 2 is 2.40 bits per heavy atom. The summed E-state index contributed by atoms with van der Waals surface area (Å²) in [5.74, 6) is 0.705. The van der Waals surface area contributed by atoms with Gasteiger partial charge in [-0.1, -0.05) is 11.6 Å². The predicted molar refractivity (Wildman–Crippen MR) is 59.1 cm³/mol. The lowest BCUT2D eigenvalue weighted by Crippen LogP contribution is -2.27. The fourth-order valence-electron chi connectivity index (χ4n) is 1.61. The van der Waals surface area contributed by atoms with Crippen LogP contribution in [-0.4, -0.2) is 29.2 Å². The van der Waals surface area contributed by atoms with E-state index in [1.54, 1.807) is 6.20 Å². The topological polar surface area (TPSA) is 47.0 Å². The van der Waals surface area contributed by atoms with Gasteiger partial charge in [-0.25, -0.2) is 4.98 Å². The third-order valence-corrected chi connectivity index (χ3v) is 2.57. The van der Waals surface area contributed by atoms with Gasteiger partial charge < -0.3 is 10.1 Å². The molecule has 1 fully saturated rings. The van der Waals surface area contributed by atoms with Gasteiger partial charge in [-0.3, -0.25) is 4.98 Å². The number of nitrogens with one attached hydrogen (secondary N) is 1. The first-order valence-electron chi connectivity index (χ1n) is 5.17. The van der Waals surface area contributed by atoms with Crippen molar-refractivity contribution >= 4 is 17.4 Å². The summed E-state index contributed by atoms with van der Waals surface area (Å²) in [6.07, 6.45) is 7.00. The normalized spacial score (nSPS) is 21.3. The molecule has 1 aromatic heterocycles. The molecule has 0 amide bonds. The fourth-order valence-corrected chi connectivity index (χ4v) is 1.76. The third-order valence-electron chi connectivity index (χ3n) is 2.39. The molecule has 82 valence electrons. The summed E-state index contributed by atoms with van der Waals surface area (Å²) in [7, 11) is 0. The second-order valence-corrected chi connectivity index (χ2v) is 3.98. The van der Waals surface area contributed by atoms with Gasteiger partial charge in [0.1, 0.15) is 11.0 Å². The van der Waals surface area contributed by atoms with E-state index in [9.17, 15) is 0 Å². The molecule has 1 atom stereocenters. The molecule has 4 nitrogen and oxygen atoms in total. The highest BCUT2D eigenvalue weighted by molar-refractivity contribution is 6.29. The molecule has 2 rings (SSSR count). The number of halogens is 1. The zero-order chi connectivity index (χ0) is 10.5. The van der Waals surface area contributed by atoms with E-state index in [1.807, 2.05) is 0 Å². The molecular formula is C10H14ClN3O. The van der Waals surface area contributed by atoms with E-state index in [2.05, 4.69) is 15.3 Å². The highest BCUT2D eigenvalue weighted by atomic mass is 35.5. The van der Waals surface area contributed by atoms with E-state index in [0.717, 1.165) is 19.6 Å². The third kappa shape index (κ3) is 3.32. The van der Waals surface area contributed by atoms with Crippen molar-refractivity contribution in [3.63, 3.8) is 0 Å². The lowest BCUT2D eigenvalue weighted by atomic mass is 10.1. The highest BCUT2D eigenvalue weighted by Gasteiger charge is 2.13. The van der Waals surface area contributed by atoms with E-state index in [0.29, 0.717) is 17.1 Å². The van der Waals surface area contributed by atoms with Gasteiger partial charge in [0.05, 0.1) is 18.5 Å². The molecule has 2 heterocycles. The van der Waals surface area contributed by atoms with Crippen molar-refractivity contribution in [1.82, 2.24) is 9.97 Å². The molecular weight excluding hydrogens is 214 g/mol. The van der Waals surface area contributed by atoms with Gasteiger partial charge in [-0.2, -0.15) is 0 Å². The van der Waals surface area contributed by atoms with Crippen LogP contribution in [0.5, 0.6) is 0 Å². The maximum atomic E-state index is 5.72. The Morgan fingerprint density at radius 3 is 3.13 bits per heavy atom. The van der Waals surface area contributed by atoms with Crippen LogP contribution in [0.1, 0.15) is 19.3 Å². The van der Waals surface area contributed by atoms with Crippen LogP contribution in [0.4, 0.5) is 5.82 Å². The van der Waals surface area contributed by atoms with Crippen LogP contribution >= 0.6 is 11.6 Å². The minimum atomic E-state index is 0.291. The maximum Gasteiger partial charge on any atom is 0.149 e. The number of aromatic nitrogens is 2. The minimum absolute atomic E-state index is 0.291. The number of anilines is 1. The molecule has 15 heavy (non-hydrogen) atoms. The largest absolute Gasteiger partial charge is 0.376 e. The number of nitrogens with zero attached hydrogens (tertiary/aromatic N) is 2. The number of ether oxygens (including phenoxy) is 1. The SMILES string of the molecule is Clc1cncc(NCC2CCCCO2)n1. The molecule has 1 aliphatic rings. The van der Waals surface area contributed by atoms with Crippen LogP contribution in [0.2, 0.25) is 5.15 Å². The van der Waals surface area contributed by atoms with Crippen LogP contribution in [0, 0.1) is 0 Å². The molecule has 0 aliphatic carbocycles. The Labute approximate surface area is 94.0 Å². The van der Waals surface area contributed by atoms with E-state index >= 15 is 0 Å². The monoisotopic (exact) mass is 227 g/mol. The molecule has 5 heteroatoms. The molecule has 1 aromatic rings. The van der Waals surface area contributed by atoms with Gasteiger partial charge in [0.2, 0.25) is 0 Å². The summed E-state index contributed by atoms with van der Waals surface area (Å²) in [5, 5.41) is 3.58. The minimum Gasteiger partial charge on any atom is -0.376 e. The van der Waals surface area contributed by atoms with Gasteiger partial charge in [0.25, 0.3) is 0 Å². The molecule has 0 aromatic carbocycles. The second-order valence-electron chi connectivity index (χ2n) is 3.60. The quantitative estimate of drug-likeness (QED) is 0.859. The van der Waals surface area contributed by atoms with E-state index in [4.69, 9.17) is 16.3 Å². The van der Waals surface area contributed by atoms with Crippen LogP contribution in [0.15, 0.2) is 12.4 Å². The molecule has 0 radical (unpaired) electrons. The maximum absolute atomic E-state index is 5.72. The number of hydrogen-bond acceptors (Lipinski definition) is 4. The van der Waals surface area contributed by atoms with Gasteiger partial charge >= 0.3 is 0 Å². The molecule has 1 unspecified atom stereocenters. The highest BCUT2D eigenvalue weighted by Crippen LogP contribution is 2.13. The molecule has 1 N–H and O–H groups in total. The van der Waals surface area contributed by atoms with E-state index < -0.39 is 0 Å². The number of rotatable bonds is 3.